The molecule has 2 saturated heterocycles. The van der Waals surface area contributed by atoms with Crippen molar-refractivity contribution in [3.8, 4) is 11.5 Å². The van der Waals surface area contributed by atoms with Gasteiger partial charge >= 0.3 is 0 Å². The second-order valence-electron chi connectivity index (χ2n) is 14.7. The van der Waals surface area contributed by atoms with E-state index in [1.807, 2.05) is 24.3 Å². The Morgan fingerprint density at radius 3 is 2.32 bits per heavy atom. The van der Waals surface area contributed by atoms with Gasteiger partial charge in [-0.2, -0.15) is 0 Å². The Morgan fingerprint density at radius 2 is 1.55 bits per heavy atom. The summed E-state index contributed by atoms with van der Waals surface area (Å²) >= 11 is 0. The molecule has 3 amide bonds. The molecule has 8 rings (SSSR count). The van der Waals surface area contributed by atoms with Crippen molar-refractivity contribution in [3.05, 3.63) is 137 Å². The number of carbonyl (C=O) groups is 3. The Bertz CT molecular complexity index is 2020. The second kappa shape index (κ2) is 14.9. The Morgan fingerprint density at radius 1 is 0.774 bits per heavy atom. The number of hydrogen-bond donors (Lipinski definition) is 2. The van der Waals surface area contributed by atoms with E-state index < -0.39 is 17.9 Å². The molecule has 4 aromatic carbocycles. The van der Waals surface area contributed by atoms with Crippen molar-refractivity contribution in [2.45, 2.75) is 56.4 Å². The number of phenolic OH excluding ortho intramolecular Hbond substituents is 1. The van der Waals surface area contributed by atoms with Crippen molar-refractivity contribution in [2.24, 2.45) is 0 Å². The number of imide groups is 1. The molecule has 2 N–H and O–H groups in total. The molecule has 0 spiro atoms. The van der Waals surface area contributed by atoms with Gasteiger partial charge in [-0.1, -0.05) is 55.1 Å². The number of unbranched alkanes of at least 4 members (excludes halogenated alkanes) is 1. The molecule has 3 atom stereocenters. The number of nitrogens with one attached hydrogen (secondary N) is 1. The van der Waals surface area contributed by atoms with Crippen LogP contribution in [0, 0.1) is 0 Å². The van der Waals surface area contributed by atoms with Crippen LogP contribution in [-0.4, -0.2) is 78.0 Å². The number of ether oxygens (including phenoxy) is 1. The van der Waals surface area contributed by atoms with Crippen LogP contribution in [0.5, 0.6) is 11.5 Å². The number of anilines is 1. The summed E-state index contributed by atoms with van der Waals surface area (Å²) in [5, 5.41) is 12.8. The lowest BCUT2D eigenvalue weighted by Crippen LogP contribution is -2.51. The molecule has 0 aromatic heterocycles. The molecule has 0 saturated carbocycles. The SMILES string of the molecule is C=C1CCC(N2C(=O)c3ccc(N4CCN(CCCCOc5ccc([C@H]6c7ccc(O)cc7CC[C@H]6c6ccccc6)cc5)CC4)cc3C2=O)C(=O)N1. The zero-order valence-electron chi connectivity index (χ0n) is 30.0. The third-order valence-electron chi connectivity index (χ3n) is 11.5. The fourth-order valence-electron chi connectivity index (χ4n) is 8.64. The van der Waals surface area contributed by atoms with E-state index in [2.05, 4.69) is 82.4 Å². The van der Waals surface area contributed by atoms with Crippen molar-refractivity contribution in [1.82, 2.24) is 15.1 Å². The van der Waals surface area contributed by atoms with E-state index in [4.69, 9.17) is 4.74 Å². The Hall–Kier alpha value is -5.41. The number of aryl methyl sites for hydroxylation is 1. The maximum atomic E-state index is 13.3. The standard InChI is InChI=1S/C44H46N4O5/c1-29-9-20-40(42(50)45-29)48-43(51)38-18-13-33(28-39(38)44(48)52)47-24-22-46(23-25-47)21-5-6-26-53-35-15-10-31(11-16-35)41-36(30-7-3-2-4-8-30)17-12-32-27-34(49)14-19-37(32)41/h2-4,7-8,10-11,13-16,18-19,27-28,36,40-41,49H,1,5-6,9,12,17,20-26H2,(H,45,50)/t36-,40?,41+/m0/s1. The number of aromatic hydroxyl groups is 1. The van der Waals surface area contributed by atoms with Crippen LogP contribution in [0.2, 0.25) is 0 Å². The molecule has 1 aliphatic carbocycles. The third-order valence-corrected chi connectivity index (χ3v) is 11.5. The molecule has 53 heavy (non-hydrogen) atoms. The number of benzene rings is 4. The Kier molecular flexibility index (Phi) is 9.75. The van der Waals surface area contributed by atoms with Gasteiger partial charge in [-0.05, 0) is 116 Å². The minimum absolute atomic E-state index is 0.216. The highest BCUT2D eigenvalue weighted by Gasteiger charge is 2.44. The largest absolute Gasteiger partial charge is 0.508 e. The first kappa shape index (κ1) is 34.7. The number of carbonyl (C=O) groups excluding carboxylic acids is 3. The minimum atomic E-state index is -0.804. The summed E-state index contributed by atoms with van der Waals surface area (Å²) in [4.78, 5) is 44.9. The second-order valence-corrected chi connectivity index (χ2v) is 14.7. The first-order valence-electron chi connectivity index (χ1n) is 18.9. The van der Waals surface area contributed by atoms with Crippen molar-refractivity contribution in [2.75, 3.05) is 44.2 Å². The summed E-state index contributed by atoms with van der Waals surface area (Å²) in [6.07, 6.45) is 4.93. The molecule has 3 heterocycles. The molecule has 0 radical (unpaired) electrons. The fraction of sp³-hybridized carbons (Fsp3) is 0.341. The van der Waals surface area contributed by atoms with Gasteiger partial charge in [-0.25, -0.2) is 0 Å². The van der Waals surface area contributed by atoms with Gasteiger partial charge in [0.15, 0.2) is 0 Å². The lowest BCUT2D eigenvalue weighted by atomic mass is 9.69. The molecule has 272 valence electrons. The maximum absolute atomic E-state index is 13.3. The monoisotopic (exact) mass is 710 g/mol. The van der Waals surface area contributed by atoms with Gasteiger partial charge in [-0.3, -0.25) is 24.2 Å². The van der Waals surface area contributed by atoms with Crippen LogP contribution in [0.15, 0.2) is 103 Å². The number of piperidine rings is 1. The van der Waals surface area contributed by atoms with E-state index >= 15 is 0 Å². The van der Waals surface area contributed by atoms with Crippen molar-refractivity contribution in [1.29, 1.82) is 0 Å². The topological polar surface area (TPSA) is 102 Å². The smallest absolute Gasteiger partial charge is 0.262 e. The third kappa shape index (κ3) is 7.05. The lowest BCUT2D eigenvalue weighted by Gasteiger charge is -2.36. The first-order valence-corrected chi connectivity index (χ1v) is 18.9. The summed E-state index contributed by atoms with van der Waals surface area (Å²) in [6, 6.07) is 29.8. The van der Waals surface area contributed by atoms with Crippen LogP contribution >= 0.6 is 0 Å². The Balaban J connectivity index is 0.807. The zero-order valence-corrected chi connectivity index (χ0v) is 30.0. The quantitative estimate of drug-likeness (QED) is 0.141. The molecule has 4 aliphatic rings. The highest BCUT2D eigenvalue weighted by Crippen LogP contribution is 2.47. The van der Waals surface area contributed by atoms with Gasteiger partial charge in [0.1, 0.15) is 17.5 Å². The average Bonchev–Trinajstić information content (AvgIpc) is 3.43. The van der Waals surface area contributed by atoms with E-state index in [1.165, 1.54) is 22.3 Å². The van der Waals surface area contributed by atoms with Crippen LogP contribution < -0.4 is 15.0 Å². The van der Waals surface area contributed by atoms with Gasteiger partial charge in [0, 0.05) is 43.5 Å². The predicted octanol–water partition coefficient (Wildman–Crippen LogP) is 6.62. The molecule has 3 aliphatic heterocycles. The summed E-state index contributed by atoms with van der Waals surface area (Å²) in [6.45, 7) is 8.95. The number of nitrogens with zero attached hydrogens (tertiary/aromatic N) is 3. The average molecular weight is 711 g/mol. The number of phenols is 1. The first-order chi connectivity index (χ1) is 25.8. The van der Waals surface area contributed by atoms with Gasteiger partial charge in [0.2, 0.25) is 5.91 Å². The van der Waals surface area contributed by atoms with E-state index in [0.29, 0.717) is 47.9 Å². The summed E-state index contributed by atoms with van der Waals surface area (Å²) < 4.78 is 6.18. The number of allylic oxidation sites excluding steroid dienone is 1. The zero-order chi connectivity index (χ0) is 36.5. The van der Waals surface area contributed by atoms with Crippen molar-refractivity contribution < 1.29 is 24.2 Å². The van der Waals surface area contributed by atoms with Gasteiger partial charge < -0.3 is 20.1 Å². The molecular formula is C44H46N4O5. The summed E-state index contributed by atoms with van der Waals surface area (Å²) in [5.74, 6) is 0.641. The van der Waals surface area contributed by atoms with Gasteiger partial charge in [0.05, 0.1) is 17.7 Å². The minimum Gasteiger partial charge on any atom is -0.508 e. The fourth-order valence-corrected chi connectivity index (χ4v) is 8.64. The number of rotatable bonds is 10. The number of piperazine rings is 1. The van der Waals surface area contributed by atoms with Gasteiger partial charge in [0.25, 0.3) is 11.8 Å². The Labute approximate surface area is 310 Å². The molecule has 9 nitrogen and oxygen atoms in total. The van der Waals surface area contributed by atoms with E-state index in [9.17, 15) is 19.5 Å². The summed E-state index contributed by atoms with van der Waals surface area (Å²) in [7, 11) is 0. The predicted molar refractivity (Wildman–Crippen MR) is 205 cm³/mol. The lowest BCUT2D eigenvalue weighted by molar-refractivity contribution is -0.125. The van der Waals surface area contributed by atoms with Crippen LogP contribution in [0.4, 0.5) is 5.69 Å². The van der Waals surface area contributed by atoms with Crippen molar-refractivity contribution in [3.63, 3.8) is 0 Å². The van der Waals surface area contributed by atoms with E-state index in [-0.39, 0.29) is 11.8 Å². The van der Waals surface area contributed by atoms with Crippen LogP contribution in [0.25, 0.3) is 0 Å². The van der Waals surface area contributed by atoms with E-state index in [0.717, 1.165) is 74.7 Å². The molecule has 2 fully saturated rings. The molecule has 0 bridgehead atoms. The van der Waals surface area contributed by atoms with E-state index in [1.54, 1.807) is 6.07 Å². The molecule has 1 unspecified atom stereocenters. The number of amides is 3. The number of hydrogen-bond acceptors (Lipinski definition) is 7. The summed E-state index contributed by atoms with van der Waals surface area (Å²) in [5.41, 5.74) is 7.41. The van der Waals surface area contributed by atoms with Crippen LogP contribution in [0.3, 0.4) is 0 Å². The number of fused-ring (bicyclic) bond motifs is 2. The maximum Gasteiger partial charge on any atom is 0.262 e. The molecular weight excluding hydrogens is 665 g/mol. The molecule has 4 aromatic rings. The van der Waals surface area contributed by atoms with Crippen LogP contribution in [0.1, 0.15) is 86.9 Å². The molecule has 9 heteroatoms. The normalized spacial score (nSPS) is 21.7. The van der Waals surface area contributed by atoms with Gasteiger partial charge in [-0.15, -0.1) is 0 Å². The highest BCUT2D eigenvalue weighted by atomic mass is 16.5. The highest BCUT2D eigenvalue weighted by molar-refractivity contribution is 6.23. The van der Waals surface area contributed by atoms with Crippen molar-refractivity contribution >= 4 is 23.4 Å². The van der Waals surface area contributed by atoms with Crippen LogP contribution in [-0.2, 0) is 11.2 Å².